The molecule has 4 aromatic rings. The zero-order valence-electron chi connectivity index (χ0n) is 13.5. The van der Waals surface area contributed by atoms with E-state index in [2.05, 4.69) is 20.3 Å². The quantitative estimate of drug-likeness (QED) is 0.593. The number of aromatic nitrogens is 4. The van der Waals surface area contributed by atoms with Crippen LogP contribution in [0.15, 0.2) is 40.9 Å². The highest BCUT2D eigenvalue weighted by Crippen LogP contribution is 2.27. The summed E-state index contributed by atoms with van der Waals surface area (Å²) in [5.74, 6) is 0.650. The predicted molar refractivity (Wildman–Crippen MR) is 101 cm³/mol. The molecular formula is C17H14ClN5OS. The van der Waals surface area contributed by atoms with Crippen LogP contribution in [0.1, 0.15) is 18.7 Å². The third-order valence-corrected chi connectivity index (χ3v) is 5.23. The third-order valence-electron chi connectivity index (χ3n) is 4.19. The molecule has 0 bridgehead atoms. The van der Waals surface area contributed by atoms with Crippen LogP contribution in [-0.4, -0.2) is 19.5 Å². The fourth-order valence-electron chi connectivity index (χ4n) is 2.92. The predicted octanol–water partition coefficient (Wildman–Crippen LogP) is 3.76. The molecule has 126 valence electrons. The van der Waals surface area contributed by atoms with Gasteiger partial charge in [-0.2, -0.15) is 0 Å². The molecule has 1 aromatic carbocycles. The Labute approximate surface area is 152 Å². The lowest BCUT2D eigenvalue weighted by atomic mass is 10.1. The molecule has 1 atom stereocenters. The first-order chi connectivity index (χ1) is 12.1. The van der Waals surface area contributed by atoms with Crippen LogP contribution in [0.5, 0.6) is 0 Å². The number of hydrogen-bond donors (Lipinski definition) is 1. The van der Waals surface area contributed by atoms with Gasteiger partial charge in [0, 0.05) is 12.7 Å². The highest BCUT2D eigenvalue weighted by molar-refractivity contribution is 7.16. The van der Waals surface area contributed by atoms with E-state index in [9.17, 15) is 4.79 Å². The summed E-state index contributed by atoms with van der Waals surface area (Å²) in [6.07, 6.45) is 1.51. The van der Waals surface area contributed by atoms with E-state index in [-0.39, 0.29) is 11.6 Å². The van der Waals surface area contributed by atoms with Crippen molar-refractivity contribution in [3.05, 3.63) is 57.2 Å². The van der Waals surface area contributed by atoms with Crippen LogP contribution in [0.3, 0.4) is 0 Å². The van der Waals surface area contributed by atoms with E-state index in [4.69, 9.17) is 11.6 Å². The number of hydrogen-bond acceptors (Lipinski definition) is 6. The monoisotopic (exact) mass is 371 g/mol. The molecule has 3 heterocycles. The van der Waals surface area contributed by atoms with Gasteiger partial charge in [0.05, 0.1) is 22.0 Å². The summed E-state index contributed by atoms with van der Waals surface area (Å²) in [7, 11) is 1.75. The number of nitrogens with zero attached hydrogens (tertiary/aromatic N) is 4. The summed E-state index contributed by atoms with van der Waals surface area (Å²) in [4.78, 5) is 26.3. The Morgan fingerprint density at radius 1 is 1.28 bits per heavy atom. The summed E-state index contributed by atoms with van der Waals surface area (Å²) in [5.41, 5.74) is 3.19. The minimum Gasteiger partial charge on any atom is -0.360 e. The number of anilines is 1. The van der Waals surface area contributed by atoms with E-state index in [1.165, 1.54) is 17.7 Å². The van der Waals surface area contributed by atoms with Gasteiger partial charge in [-0.15, -0.1) is 11.3 Å². The van der Waals surface area contributed by atoms with Crippen molar-refractivity contribution in [3.8, 4) is 0 Å². The molecule has 0 aliphatic rings. The highest BCUT2D eigenvalue weighted by Gasteiger charge is 2.16. The molecule has 4 rings (SSSR count). The maximum absolute atomic E-state index is 12.7. The number of thiazole rings is 1. The number of fused-ring (bicyclic) bond motifs is 2. The molecule has 0 spiro atoms. The lowest BCUT2D eigenvalue weighted by molar-refractivity contribution is 0.721. The van der Waals surface area contributed by atoms with Crippen molar-refractivity contribution < 1.29 is 0 Å². The SMILES string of the molecule is CC(Nc1ncnc2scnc12)c1cc2cccc(Cl)c2c(=O)n1C. The molecule has 1 N–H and O–H groups in total. The fraction of sp³-hybridized carbons (Fsp3) is 0.176. The molecule has 0 saturated carbocycles. The van der Waals surface area contributed by atoms with Crippen molar-refractivity contribution in [2.24, 2.45) is 7.05 Å². The van der Waals surface area contributed by atoms with E-state index in [0.29, 0.717) is 16.2 Å². The Bertz CT molecular complexity index is 1150. The molecule has 0 aliphatic carbocycles. The second-order valence-electron chi connectivity index (χ2n) is 5.73. The van der Waals surface area contributed by atoms with Crippen molar-refractivity contribution in [2.75, 3.05) is 5.32 Å². The zero-order valence-corrected chi connectivity index (χ0v) is 15.1. The van der Waals surface area contributed by atoms with Crippen molar-refractivity contribution in [1.82, 2.24) is 19.5 Å². The first-order valence-corrected chi connectivity index (χ1v) is 8.91. The number of rotatable bonds is 3. The molecular weight excluding hydrogens is 358 g/mol. The highest BCUT2D eigenvalue weighted by atomic mass is 35.5. The van der Waals surface area contributed by atoms with Gasteiger partial charge in [0.1, 0.15) is 16.7 Å². The first kappa shape index (κ1) is 16.0. The Kier molecular flexibility index (Phi) is 3.89. The first-order valence-electron chi connectivity index (χ1n) is 7.65. The molecule has 8 heteroatoms. The summed E-state index contributed by atoms with van der Waals surface area (Å²) in [6.45, 7) is 1.98. The van der Waals surface area contributed by atoms with Gasteiger partial charge in [-0.1, -0.05) is 23.7 Å². The maximum atomic E-state index is 12.7. The fourth-order valence-corrected chi connectivity index (χ4v) is 3.81. The second-order valence-corrected chi connectivity index (χ2v) is 6.97. The average Bonchev–Trinajstić information content (AvgIpc) is 3.07. The molecule has 0 amide bonds. The molecule has 0 saturated heterocycles. The van der Waals surface area contributed by atoms with E-state index >= 15 is 0 Å². The van der Waals surface area contributed by atoms with Crippen LogP contribution in [0.4, 0.5) is 5.82 Å². The van der Waals surface area contributed by atoms with E-state index in [1.807, 2.05) is 25.1 Å². The summed E-state index contributed by atoms with van der Waals surface area (Å²) >= 11 is 7.66. The van der Waals surface area contributed by atoms with E-state index in [1.54, 1.807) is 23.2 Å². The van der Waals surface area contributed by atoms with Crippen molar-refractivity contribution in [1.29, 1.82) is 0 Å². The van der Waals surface area contributed by atoms with Crippen molar-refractivity contribution >= 4 is 49.9 Å². The minimum atomic E-state index is -0.152. The number of halogens is 1. The Morgan fingerprint density at radius 3 is 2.96 bits per heavy atom. The summed E-state index contributed by atoms with van der Waals surface area (Å²) in [5, 5.41) is 5.15. The molecule has 3 aromatic heterocycles. The van der Waals surface area contributed by atoms with Crippen LogP contribution in [-0.2, 0) is 7.05 Å². The second kappa shape index (κ2) is 6.09. The van der Waals surface area contributed by atoms with Gasteiger partial charge in [0.2, 0.25) is 0 Å². The Balaban J connectivity index is 1.80. The van der Waals surface area contributed by atoms with Gasteiger partial charge >= 0.3 is 0 Å². The van der Waals surface area contributed by atoms with Gasteiger partial charge in [0.25, 0.3) is 5.56 Å². The van der Waals surface area contributed by atoms with Crippen LogP contribution < -0.4 is 10.9 Å². The van der Waals surface area contributed by atoms with Gasteiger partial charge in [-0.25, -0.2) is 15.0 Å². The van der Waals surface area contributed by atoms with Crippen molar-refractivity contribution in [3.63, 3.8) is 0 Å². The molecule has 6 nitrogen and oxygen atoms in total. The maximum Gasteiger partial charge on any atom is 0.259 e. The van der Waals surface area contributed by atoms with Crippen molar-refractivity contribution in [2.45, 2.75) is 13.0 Å². The number of nitrogens with one attached hydrogen (secondary N) is 1. The van der Waals surface area contributed by atoms with Crippen LogP contribution >= 0.6 is 22.9 Å². The normalized spacial score (nSPS) is 12.6. The topological polar surface area (TPSA) is 72.7 Å². The molecule has 1 unspecified atom stereocenters. The summed E-state index contributed by atoms with van der Waals surface area (Å²) < 4.78 is 1.62. The third kappa shape index (κ3) is 2.65. The molecule has 25 heavy (non-hydrogen) atoms. The van der Waals surface area contributed by atoms with Crippen LogP contribution in [0.2, 0.25) is 5.02 Å². The lowest BCUT2D eigenvalue weighted by Crippen LogP contribution is -2.24. The van der Waals surface area contributed by atoms with Gasteiger partial charge in [0.15, 0.2) is 5.82 Å². The molecule has 0 aliphatic heterocycles. The standard InChI is InChI=1S/C17H14ClN5OS/c1-9(22-15-14-16(20-7-19-15)25-8-21-14)12-6-10-4-3-5-11(18)13(10)17(24)23(12)2/h3-9H,1-2H3,(H,19,20,22). The van der Waals surface area contributed by atoms with Gasteiger partial charge < -0.3 is 9.88 Å². The Hall–Kier alpha value is -2.51. The van der Waals surface area contributed by atoms with Crippen LogP contribution in [0, 0.1) is 0 Å². The van der Waals surface area contributed by atoms with Gasteiger partial charge in [-0.3, -0.25) is 4.79 Å². The minimum absolute atomic E-state index is 0.117. The lowest BCUT2D eigenvalue weighted by Gasteiger charge is -2.19. The zero-order chi connectivity index (χ0) is 17.6. The van der Waals surface area contributed by atoms with Crippen LogP contribution in [0.25, 0.3) is 21.1 Å². The molecule has 0 fully saturated rings. The van der Waals surface area contributed by atoms with E-state index in [0.717, 1.165) is 21.4 Å². The summed E-state index contributed by atoms with van der Waals surface area (Å²) in [6, 6.07) is 7.28. The largest absolute Gasteiger partial charge is 0.360 e. The number of pyridine rings is 1. The number of benzene rings is 1. The average molecular weight is 372 g/mol. The molecule has 0 radical (unpaired) electrons. The Morgan fingerprint density at radius 2 is 2.12 bits per heavy atom. The van der Waals surface area contributed by atoms with Gasteiger partial charge in [-0.05, 0) is 24.4 Å². The smallest absolute Gasteiger partial charge is 0.259 e. The van der Waals surface area contributed by atoms with E-state index < -0.39 is 0 Å².